The van der Waals surface area contributed by atoms with Crippen molar-refractivity contribution in [2.24, 2.45) is 5.92 Å². The topological polar surface area (TPSA) is 49.3 Å². The van der Waals surface area contributed by atoms with E-state index < -0.39 is 5.97 Å². The Balaban J connectivity index is 1.79. The Morgan fingerprint density at radius 1 is 1.50 bits per heavy atom. The SMILES string of the molecule is O=C(O)CCCNCC1CCC1. The van der Waals surface area contributed by atoms with Crippen molar-refractivity contribution in [2.75, 3.05) is 13.1 Å². The largest absolute Gasteiger partial charge is 0.481 e. The molecule has 0 radical (unpaired) electrons. The van der Waals surface area contributed by atoms with Crippen molar-refractivity contribution in [1.82, 2.24) is 5.32 Å². The van der Waals surface area contributed by atoms with E-state index in [2.05, 4.69) is 5.32 Å². The summed E-state index contributed by atoms with van der Waals surface area (Å²) in [5, 5.41) is 11.6. The molecular formula is C9H17NO2. The summed E-state index contributed by atoms with van der Waals surface area (Å²) in [5.41, 5.74) is 0. The lowest BCUT2D eigenvalue weighted by atomic mass is 9.85. The van der Waals surface area contributed by atoms with Crippen LogP contribution in [0.4, 0.5) is 0 Å². The van der Waals surface area contributed by atoms with E-state index in [1.165, 1.54) is 19.3 Å². The Bertz CT molecular complexity index is 143. The van der Waals surface area contributed by atoms with Crippen molar-refractivity contribution in [3.63, 3.8) is 0 Å². The number of aliphatic carboxylic acids is 1. The molecule has 70 valence electrons. The minimum atomic E-state index is -0.694. The molecule has 0 aromatic carbocycles. The van der Waals surface area contributed by atoms with Gasteiger partial charge in [0.05, 0.1) is 0 Å². The van der Waals surface area contributed by atoms with Crippen LogP contribution in [0.5, 0.6) is 0 Å². The quantitative estimate of drug-likeness (QED) is 0.591. The summed E-state index contributed by atoms with van der Waals surface area (Å²) in [6.45, 7) is 1.93. The van der Waals surface area contributed by atoms with Gasteiger partial charge in [-0.3, -0.25) is 4.79 Å². The second-order valence-electron chi connectivity index (χ2n) is 3.50. The summed E-state index contributed by atoms with van der Waals surface area (Å²) in [5.74, 6) is 0.176. The molecule has 0 spiro atoms. The number of carbonyl (C=O) groups is 1. The third-order valence-corrected chi connectivity index (χ3v) is 2.40. The number of hydrogen-bond donors (Lipinski definition) is 2. The van der Waals surface area contributed by atoms with Gasteiger partial charge in [-0.05, 0) is 38.3 Å². The first kappa shape index (κ1) is 9.52. The molecular weight excluding hydrogens is 154 g/mol. The van der Waals surface area contributed by atoms with Gasteiger partial charge in [0.2, 0.25) is 0 Å². The van der Waals surface area contributed by atoms with Gasteiger partial charge in [-0.2, -0.15) is 0 Å². The lowest BCUT2D eigenvalue weighted by molar-refractivity contribution is -0.137. The van der Waals surface area contributed by atoms with Gasteiger partial charge in [0.1, 0.15) is 0 Å². The summed E-state index contributed by atoms with van der Waals surface area (Å²) in [4.78, 5) is 10.1. The first-order chi connectivity index (χ1) is 5.79. The van der Waals surface area contributed by atoms with Crippen LogP contribution in [0.25, 0.3) is 0 Å². The van der Waals surface area contributed by atoms with Crippen LogP contribution in [-0.2, 0) is 4.79 Å². The fraction of sp³-hybridized carbons (Fsp3) is 0.889. The van der Waals surface area contributed by atoms with E-state index in [0.717, 1.165) is 25.4 Å². The van der Waals surface area contributed by atoms with E-state index >= 15 is 0 Å². The molecule has 0 saturated heterocycles. The highest BCUT2D eigenvalue weighted by molar-refractivity contribution is 5.66. The van der Waals surface area contributed by atoms with Crippen LogP contribution in [-0.4, -0.2) is 24.2 Å². The highest BCUT2D eigenvalue weighted by Gasteiger charge is 2.15. The van der Waals surface area contributed by atoms with Crippen molar-refractivity contribution < 1.29 is 9.90 Å². The number of rotatable bonds is 6. The van der Waals surface area contributed by atoms with Gasteiger partial charge in [0, 0.05) is 6.42 Å². The van der Waals surface area contributed by atoms with Crippen LogP contribution in [0.3, 0.4) is 0 Å². The van der Waals surface area contributed by atoms with Gasteiger partial charge in [0.15, 0.2) is 0 Å². The lowest BCUT2D eigenvalue weighted by Crippen LogP contribution is -2.28. The molecule has 1 saturated carbocycles. The van der Waals surface area contributed by atoms with E-state index in [1.54, 1.807) is 0 Å². The van der Waals surface area contributed by atoms with E-state index in [-0.39, 0.29) is 6.42 Å². The summed E-state index contributed by atoms with van der Waals surface area (Å²) >= 11 is 0. The number of nitrogens with one attached hydrogen (secondary N) is 1. The van der Waals surface area contributed by atoms with E-state index in [0.29, 0.717) is 0 Å². The van der Waals surface area contributed by atoms with Crippen molar-refractivity contribution in [3.8, 4) is 0 Å². The summed E-state index contributed by atoms with van der Waals surface area (Å²) in [7, 11) is 0. The van der Waals surface area contributed by atoms with E-state index in [1.807, 2.05) is 0 Å². The lowest BCUT2D eigenvalue weighted by Gasteiger charge is -2.25. The molecule has 2 N–H and O–H groups in total. The summed E-state index contributed by atoms with van der Waals surface area (Å²) in [6, 6.07) is 0. The predicted octanol–water partition coefficient (Wildman–Crippen LogP) is 1.24. The first-order valence-corrected chi connectivity index (χ1v) is 4.71. The maximum atomic E-state index is 10.1. The molecule has 0 amide bonds. The maximum Gasteiger partial charge on any atom is 0.303 e. The number of carboxylic acid groups (broad SMARTS) is 1. The molecule has 0 heterocycles. The van der Waals surface area contributed by atoms with Crippen molar-refractivity contribution >= 4 is 5.97 Å². The van der Waals surface area contributed by atoms with Gasteiger partial charge in [-0.15, -0.1) is 0 Å². The molecule has 0 bridgehead atoms. The molecule has 0 aromatic rings. The molecule has 0 unspecified atom stereocenters. The molecule has 1 aliphatic rings. The highest BCUT2D eigenvalue weighted by Crippen LogP contribution is 2.24. The molecule has 0 atom stereocenters. The maximum absolute atomic E-state index is 10.1. The molecule has 0 aromatic heterocycles. The van der Waals surface area contributed by atoms with Gasteiger partial charge in [0.25, 0.3) is 0 Å². The van der Waals surface area contributed by atoms with Gasteiger partial charge in [-0.25, -0.2) is 0 Å². The zero-order valence-electron chi connectivity index (χ0n) is 7.38. The Kier molecular flexibility index (Phi) is 4.08. The fourth-order valence-electron chi connectivity index (χ4n) is 1.37. The third kappa shape index (κ3) is 3.72. The van der Waals surface area contributed by atoms with E-state index in [4.69, 9.17) is 5.11 Å². The predicted molar refractivity (Wildman–Crippen MR) is 47.1 cm³/mol. The molecule has 1 rings (SSSR count). The average Bonchev–Trinajstić information content (AvgIpc) is 1.92. The highest BCUT2D eigenvalue weighted by atomic mass is 16.4. The summed E-state index contributed by atoms with van der Waals surface area (Å²) in [6.07, 6.45) is 5.12. The second kappa shape index (κ2) is 5.14. The zero-order chi connectivity index (χ0) is 8.81. The molecule has 3 nitrogen and oxygen atoms in total. The molecule has 0 aliphatic heterocycles. The van der Waals surface area contributed by atoms with Crippen LogP contribution >= 0.6 is 0 Å². The van der Waals surface area contributed by atoms with Crippen molar-refractivity contribution in [1.29, 1.82) is 0 Å². The molecule has 3 heteroatoms. The Morgan fingerprint density at radius 2 is 2.25 bits per heavy atom. The van der Waals surface area contributed by atoms with Gasteiger partial charge >= 0.3 is 5.97 Å². The Morgan fingerprint density at radius 3 is 2.75 bits per heavy atom. The van der Waals surface area contributed by atoms with Crippen molar-refractivity contribution in [3.05, 3.63) is 0 Å². The summed E-state index contributed by atoms with van der Waals surface area (Å²) < 4.78 is 0. The van der Waals surface area contributed by atoms with Gasteiger partial charge < -0.3 is 10.4 Å². The van der Waals surface area contributed by atoms with Crippen LogP contribution in [0.2, 0.25) is 0 Å². The zero-order valence-corrected chi connectivity index (χ0v) is 7.38. The number of hydrogen-bond acceptors (Lipinski definition) is 2. The normalized spacial score (nSPS) is 17.3. The molecule has 12 heavy (non-hydrogen) atoms. The van der Waals surface area contributed by atoms with Crippen LogP contribution in [0, 0.1) is 5.92 Å². The Labute approximate surface area is 73.2 Å². The van der Waals surface area contributed by atoms with Crippen molar-refractivity contribution in [2.45, 2.75) is 32.1 Å². The van der Waals surface area contributed by atoms with E-state index in [9.17, 15) is 4.79 Å². The van der Waals surface area contributed by atoms with Crippen LogP contribution in [0.15, 0.2) is 0 Å². The monoisotopic (exact) mass is 171 g/mol. The smallest absolute Gasteiger partial charge is 0.303 e. The van der Waals surface area contributed by atoms with Gasteiger partial charge in [-0.1, -0.05) is 6.42 Å². The minimum absolute atomic E-state index is 0.289. The first-order valence-electron chi connectivity index (χ1n) is 4.71. The fourth-order valence-corrected chi connectivity index (χ4v) is 1.37. The molecule has 1 fully saturated rings. The second-order valence-corrected chi connectivity index (χ2v) is 3.50. The Hall–Kier alpha value is -0.570. The number of carboxylic acids is 1. The standard InChI is InChI=1S/C9H17NO2/c11-9(12)5-2-6-10-7-8-3-1-4-8/h8,10H,1-7H2,(H,11,12). The van der Waals surface area contributed by atoms with Crippen LogP contribution in [0.1, 0.15) is 32.1 Å². The minimum Gasteiger partial charge on any atom is -0.481 e. The average molecular weight is 171 g/mol. The third-order valence-electron chi connectivity index (χ3n) is 2.40. The van der Waals surface area contributed by atoms with Crippen LogP contribution < -0.4 is 5.32 Å². The molecule has 1 aliphatic carbocycles.